The third-order valence-electron chi connectivity index (χ3n) is 6.01. The number of methoxy groups -OCH3 is 1. The quantitative estimate of drug-likeness (QED) is 0.304. The van der Waals surface area contributed by atoms with Gasteiger partial charge in [0.1, 0.15) is 12.7 Å². The fourth-order valence-electron chi connectivity index (χ4n) is 4.19. The molecule has 1 heterocycles. The molecule has 0 spiro atoms. The molecular weight excluding hydrogens is 384 g/mol. The van der Waals surface area contributed by atoms with Crippen LogP contribution in [0.4, 0.5) is 0 Å². The van der Waals surface area contributed by atoms with E-state index >= 15 is 0 Å². The molecule has 1 aromatic carbocycles. The summed E-state index contributed by atoms with van der Waals surface area (Å²) in [6.45, 7) is 9.91. The van der Waals surface area contributed by atoms with E-state index < -0.39 is 22.2 Å². The summed E-state index contributed by atoms with van der Waals surface area (Å²) in [4.78, 5) is 38.8. The van der Waals surface area contributed by atoms with Gasteiger partial charge in [0, 0.05) is 11.0 Å². The van der Waals surface area contributed by atoms with Crippen LogP contribution in [0.25, 0.3) is 0 Å². The fraction of sp³-hybridized carbons (Fsp3) is 0.625. The molecule has 1 aromatic rings. The van der Waals surface area contributed by atoms with Crippen molar-refractivity contribution in [2.24, 2.45) is 16.2 Å². The van der Waals surface area contributed by atoms with Gasteiger partial charge in [0.25, 0.3) is 0 Å². The molecule has 0 aromatic heterocycles. The monoisotopic (exact) mass is 418 g/mol. The van der Waals surface area contributed by atoms with Crippen molar-refractivity contribution in [2.45, 2.75) is 60.0 Å². The predicted molar refractivity (Wildman–Crippen MR) is 113 cm³/mol. The Morgan fingerprint density at radius 3 is 2.10 bits per heavy atom. The van der Waals surface area contributed by atoms with E-state index in [4.69, 9.17) is 14.2 Å². The van der Waals surface area contributed by atoms with Crippen LogP contribution in [-0.4, -0.2) is 44.1 Å². The molecule has 0 amide bonds. The number of hydrogen-bond acceptors (Lipinski definition) is 6. The molecule has 0 bridgehead atoms. The van der Waals surface area contributed by atoms with E-state index in [1.807, 2.05) is 32.0 Å². The maximum atomic E-state index is 13.3. The summed E-state index contributed by atoms with van der Waals surface area (Å²) in [5, 5.41) is 0. The Labute approximate surface area is 179 Å². The van der Waals surface area contributed by atoms with Gasteiger partial charge in [-0.1, -0.05) is 44.2 Å². The molecule has 2 rings (SSSR count). The number of Topliss-reactive ketones (excluding diaryl/α,β-unsaturated/α-hetero) is 1. The summed E-state index contributed by atoms with van der Waals surface area (Å²) < 4.78 is 15.6. The molecule has 0 saturated carbocycles. The van der Waals surface area contributed by atoms with Crippen LogP contribution in [0.3, 0.4) is 0 Å². The zero-order valence-corrected chi connectivity index (χ0v) is 18.9. The number of hydrogen-bond donors (Lipinski definition) is 0. The van der Waals surface area contributed by atoms with Gasteiger partial charge in [-0.25, -0.2) is 0 Å². The second-order valence-corrected chi connectivity index (χ2v) is 9.45. The number of ketones is 1. The van der Waals surface area contributed by atoms with Gasteiger partial charge in [0.15, 0.2) is 5.78 Å². The Bertz CT molecular complexity index is 767. The molecule has 6 nitrogen and oxygen atoms in total. The van der Waals surface area contributed by atoms with Crippen molar-refractivity contribution >= 4 is 17.7 Å². The number of ether oxygens (including phenoxy) is 3. The first-order valence-electron chi connectivity index (χ1n) is 10.4. The lowest BCUT2D eigenvalue weighted by atomic mass is 9.63. The van der Waals surface area contributed by atoms with Crippen molar-refractivity contribution in [3.05, 3.63) is 35.9 Å². The third-order valence-corrected chi connectivity index (χ3v) is 6.01. The molecule has 3 unspecified atom stereocenters. The number of rotatable bonds is 11. The van der Waals surface area contributed by atoms with Crippen molar-refractivity contribution in [1.29, 1.82) is 0 Å². The highest BCUT2D eigenvalue weighted by atomic mass is 16.6. The van der Waals surface area contributed by atoms with Crippen LogP contribution in [0.5, 0.6) is 0 Å². The zero-order valence-electron chi connectivity index (χ0n) is 18.9. The largest absolute Gasteiger partial charge is 0.469 e. The second kappa shape index (κ2) is 9.29. The lowest BCUT2D eigenvalue weighted by molar-refractivity contribution is -0.163. The summed E-state index contributed by atoms with van der Waals surface area (Å²) in [6, 6.07) is 9.08. The topological polar surface area (TPSA) is 82.2 Å². The van der Waals surface area contributed by atoms with Crippen molar-refractivity contribution in [3.8, 4) is 0 Å². The zero-order chi connectivity index (χ0) is 22.6. The van der Waals surface area contributed by atoms with E-state index in [-0.39, 0.29) is 37.3 Å². The first-order valence-corrected chi connectivity index (χ1v) is 10.4. The number of carbonyl (C=O) groups excluding carboxylic acids is 3. The van der Waals surface area contributed by atoms with E-state index in [1.54, 1.807) is 32.9 Å². The normalized spacial score (nSPS) is 19.9. The number of esters is 2. The molecule has 30 heavy (non-hydrogen) atoms. The van der Waals surface area contributed by atoms with E-state index in [0.29, 0.717) is 18.6 Å². The van der Waals surface area contributed by atoms with Crippen LogP contribution in [-0.2, 0) is 23.8 Å². The second-order valence-electron chi connectivity index (χ2n) is 9.45. The SMILES string of the molecule is CCC(C)(CC(C)(CC(C)(C)C(=O)OCC1CO1)C(=O)OC)C(=O)c1ccccc1. The first-order chi connectivity index (χ1) is 14.0. The molecule has 3 atom stereocenters. The summed E-state index contributed by atoms with van der Waals surface area (Å²) in [5.41, 5.74) is -2.14. The minimum atomic E-state index is -1.04. The molecule has 0 N–H and O–H groups in total. The fourth-order valence-corrected chi connectivity index (χ4v) is 4.19. The van der Waals surface area contributed by atoms with Crippen LogP contribution in [0, 0.1) is 16.2 Å². The molecule has 1 saturated heterocycles. The molecular formula is C24H34O6. The van der Waals surface area contributed by atoms with E-state index in [9.17, 15) is 14.4 Å². The molecule has 1 aliphatic heterocycles. The van der Waals surface area contributed by atoms with Crippen molar-refractivity contribution in [1.82, 2.24) is 0 Å². The summed E-state index contributed by atoms with van der Waals surface area (Å²) in [6.07, 6.45) is 0.995. The van der Waals surface area contributed by atoms with E-state index in [1.165, 1.54) is 7.11 Å². The Morgan fingerprint density at radius 1 is 1.00 bits per heavy atom. The van der Waals surface area contributed by atoms with Crippen molar-refractivity contribution in [2.75, 3.05) is 20.3 Å². The van der Waals surface area contributed by atoms with Gasteiger partial charge in [-0.3, -0.25) is 14.4 Å². The highest BCUT2D eigenvalue weighted by Crippen LogP contribution is 2.46. The molecule has 166 valence electrons. The molecule has 0 aliphatic carbocycles. The average molecular weight is 419 g/mol. The van der Waals surface area contributed by atoms with Crippen LogP contribution in [0.2, 0.25) is 0 Å². The van der Waals surface area contributed by atoms with Crippen LogP contribution in [0.15, 0.2) is 30.3 Å². The van der Waals surface area contributed by atoms with Crippen LogP contribution >= 0.6 is 0 Å². The average Bonchev–Trinajstić information content (AvgIpc) is 3.55. The van der Waals surface area contributed by atoms with E-state index in [2.05, 4.69) is 0 Å². The number of epoxide rings is 1. The minimum absolute atomic E-state index is 0.0213. The van der Waals surface area contributed by atoms with Gasteiger partial charge in [0.05, 0.1) is 24.5 Å². The molecule has 1 aliphatic rings. The maximum Gasteiger partial charge on any atom is 0.311 e. The van der Waals surface area contributed by atoms with Gasteiger partial charge in [-0.2, -0.15) is 0 Å². The Kier molecular flexibility index (Phi) is 7.45. The standard InChI is InChI=1S/C24H34O6/c1-7-23(4,19(25)17-11-9-8-10-12-17)16-24(5,21(27)28-6)15-22(2,3)20(26)30-14-18-13-29-18/h8-12,18H,7,13-16H2,1-6H3. The number of carbonyl (C=O) groups is 3. The lowest BCUT2D eigenvalue weighted by Crippen LogP contribution is -2.43. The van der Waals surface area contributed by atoms with Crippen molar-refractivity contribution < 1.29 is 28.6 Å². The third kappa shape index (κ3) is 5.69. The first kappa shape index (κ1) is 24.1. The van der Waals surface area contributed by atoms with Crippen molar-refractivity contribution in [3.63, 3.8) is 0 Å². The molecule has 1 fully saturated rings. The maximum absolute atomic E-state index is 13.3. The van der Waals surface area contributed by atoms with Gasteiger partial charge in [-0.15, -0.1) is 0 Å². The van der Waals surface area contributed by atoms with Gasteiger partial charge < -0.3 is 14.2 Å². The lowest BCUT2D eigenvalue weighted by Gasteiger charge is -2.40. The smallest absolute Gasteiger partial charge is 0.311 e. The van der Waals surface area contributed by atoms with Crippen LogP contribution < -0.4 is 0 Å². The highest BCUT2D eigenvalue weighted by molar-refractivity contribution is 6.00. The van der Waals surface area contributed by atoms with Gasteiger partial charge in [-0.05, 0) is 40.0 Å². The van der Waals surface area contributed by atoms with Gasteiger partial charge in [0.2, 0.25) is 0 Å². The molecule has 0 radical (unpaired) electrons. The Hall–Kier alpha value is -2.21. The Morgan fingerprint density at radius 2 is 1.60 bits per heavy atom. The minimum Gasteiger partial charge on any atom is -0.469 e. The highest BCUT2D eigenvalue weighted by Gasteiger charge is 2.49. The van der Waals surface area contributed by atoms with Gasteiger partial charge >= 0.3 is 11.9 Å². The summed E-state index contributed by atoms with van der Waals surface area (Å²) in [7, 11) is 1.33. The predicted octanol–water partition coefficient (Wildman–Crippen LogP) is 4.21. The summed E-state index contributed by atoms with van der Waals surface area (Å²) >= 11 is 0. The van der Waals surface area contributed by atoms with Crippen LogP contribution in [0.1, 0.15) is 64.2 Å². The summed E-state index contributed by atoms with van der Waals surface area (Å²) in [5.74, 6) is -0.845. The number of benzene rings is 1. The molecule has 6 heteroatoms. The van der Waals surface area contributed by atoms with E-state index in [0.717, 1.165) is 0 Å². The Balaban J connectivity index is 2.26.